The summed E-state index contributed by atoms with van der Waals surface area (Å²) in [7, 11) is 1.54. The average Bonchev–Trinajstić information content (AvgIpc) is 2.67. The largest absolute Gasteiger partial charge is 0.331 e. The molecule has 2 amide bonds. The Morgan fingerprint density at radius 3 is 2.69 bits per heavy atom. The van der Waals surface area contributed by atoms with Gasteiger partial charge in [0.1, 0.15) is 5.69 Å². The van der Waals surface area contributed by atoms with Crippen molar-refractivity contribution in [3.8, 4) is 12.3 Å². The van der Waals surface area contributed by atoms with Gasteiger partial charge in [0, 0.05) is 18.3 Å². The molecule has 1 N–H and O–H groups in total. The van der Waals surface area contributed by atoms with Crippen molar-refractivity contribution in [2.75, 3.05) is 18.9 Å². The number of amides is 2. The first kappa shape index (κ1) is 17.1. The Balaban J connectivity index is 1.67. The first-order valence-corrected chi connectivity index (χ1v) is 7.90. The summed E-state index contributed by atoms with van der Waals surface area (Å²) in [5.41, 5.74) is 2.77. The lowest BCUT2D eigenvalue weighted by atomic mass is 10.2. The van der Waals surface area contributed by atoms with Gasteiger partial charge in [-0.3, -0.25) is 14.6 Å². The Morgan fingerprint density at radius 1 is 1.15 bits per heavy atom. The highest BCUT2D eigenvalue weighted by molar-refractivity contribution is 5.98. The van der Waals surface area contributed by atoms with Crippen molar-refractivity contribution < 1.29 is 9.59 Å². The van der Waals surface area contributed by atoms with Gasteiger partial charge in [0.25, 0.3) is 5.91 Å². The number of nitrogens with one attached hydrogen (secondary N) is 1. The van der Waals surface area contributed by atoms with Crippen molar-refractivity contribution in [2.24, 2.45) is 0 Å². The lowest BCUT2D eigenvalue weighted by Gasteiger charge is -2.16. The van der Waals surface area contributed by atoms with E-state index < -0.39 is 0 Å². The first-order chi connectivity index (χ1) is 12.6. The van der Waals surface area contributed by atoms with E-state index in [-0.39, 0.29) is 24.1 Å². The van der Waals surface area contributed by atoms with Crippen LogP contribution in [-0.2, 0) is 4.79 Å². The number of anilines is 1. The van der Waals surface area contributed by atoms with E-state index in [0.717, 1.165) is 0 Å². The molecule has 0 fully saturated rings. The fourth-order valence-electron chi connectivity index (χ4n) is 2.43. The van der Waals surface area contributed by atoms with Gasteiger partial charge in [-0.05, 0) is 30.3 Å². The van der Waals surface area contributed by atoms with Gasteiger partial charge in [-0.25, -0.2) is 4.98 Å². The number of carbonyl (C=O) groups is 2. The molecule has 0 aliphatic carbocycles. The van der Waals surface area contributed by atoms with Crippen molar-refractivity contribution in [3.05, 3.63) is 66.0 Å². The van der Waals surface area contributed by atoms with Crippen LogP contribution in [0.15, 0.2) is 54.7 Å². The molecule has 0 saturated carbocycles. The van der Waals surface area contributed by atoms with E-state index in [9.17, 15) is 9.59 Å². The van der Waals surface area contributed by atoms with Crippen LogP contribution in [0.3, 0.4) is 0 Å². The van der Waals surface area contributed by atoms with Crippen LogP contribution in [0.2, 0.25) is 0 Å². The predicted molar refractivity (Wildman–Crippen MR) is 99.5 cm³/mol. The fraction of sp³-hybridized carbons (Fsp3) is 0.100. The SMILES string of the molecule is C#Cc1cccc(NC(=O)CN(C)C(=O)c2cnc3ccccc3n2)c1. The second-order valence-corrected chi connectivity index (χ2v) is 5.68. The average molecular weight is 344 g/mol. The van der Waals surface area contributed by atoms with E-state index in [0.29, 0.717) is 22.3 Å². The molecule has 0 atom stereocenters. The number of nitrogens with zero attached hydrogens (tertiary/aromatic N) is 3. The van der Waals surface area contributed by atoms with Crippen molar-refractivity contribution in [1.82, 2.24) is 14.9 Å². The summed E-state index contributed by atoms with van der Waals surface area (Å²) in [5.74, 6) is 1.80. The highest BCUT2D eigenvalue weighted by Crippen LogP contribution is 2.11. The molecule has 3 rings (SSSR count). The van der Waals surface area contributed by atoms with Crippen molar-refractivity contribution in [3.63, 3.8) is 0 Å². The number of aromatic nitrogens is 2. The summed E-state index contributed by atoms with van der Waals surface area (Å²) in [6.07, 6.45) is 6.76. The Labute approximate surface area is 150 Å². The van der Waals surface area contributed by atoms with Crippen LogP contribution in [0.1, 0.15) is 16.1 Å². The number of rotatable bonds is 4. The van der Waals surface area contributed by atoms with Crippen LogP contribution >= 0.6 is 0 Å². The van der Waals surface area contributed by atoms with E-state index in [1.165, 1.54) is 18.1 Å². The molecule has 6 heteroatoms. The molecule has 0 spiro atoms. The van der Waals surface area contributed by atoms with Gasteiger partial charge in [-0.15, -0.1) is 6.42 Å². The van der Waals surface area contributed by atoms with E-state index in [1.54, 1.807) is 30.3 Å². The summed E-state index contributed by atoms with van der Waals surface area (Å²) in [4.78, 5) is 34.5. The molecule has 128 valence electrons. The van der Waals surface area contributed by atoms with Crippen LogP contribution in [0.5, 0.6) is 0 Å². The predicted octanol–water partition coefficient (Wildman–Crippen LogP) is 2.32. The highest BCUT2D eigenvalue weighted by atomic mass is 16.2. The number of para-hydroxylation sites is 2. The van der Waals surface area contributed by atoms with E-state index >= 15 is 0 Å². The van der Waals surface area contributed by atoms with E-state index in [4.69, 9.17) is 6.42 Å². The Morgan fingerprint density at radius 2 is 1.92 bits per heavy atom. The second-order valence-electron chi connectivity index (χ2n) is 5.68. The molecule has 0 aliphatic heterocycles. The molecule has 0 radical (unpaired) electrons. The van der Waals surface area contributed by atoms with Crippen LogP contribution in [0.4, 0.5) is 5.69 Å². The number of benzene rings is 2. The summed E-state index contributed by atoms with van der Waals surface area (Å²) in [6, 6.07) is 14.2. The van der Waals surface area contributed by atoms with Gasteiger partial charge in [-0.2, -0.15) is 0 Å². The summed E-state index contributed by atoms with van der Waals surface area (Å²) < 4.78 is 0. The van der Waals surface area contributed by atoms with E-state index in [1.807, 2.05) is 18.2 Å². The molecule has 0 unspecified atom stereocenters. The molecular formula is C20H16N4O2. The maximum absolute atomic E-state index is 12.5. The maximum Gasteiger partial charge on any atom is 0.274 e. The smallest absolute Gasteiger partial charge is 0.274 e. The normalized spacial score (nSPS) is 10.2. The van der Waals surface area contributed by atoms with Crippen LogP contribution < -0.4 is 5.32 Å². The molecule has 6 nitrogen and oxygen atoms in total. The number of terminal acetylenes is 1. The molecule has 2 aromatic carbocycles. The zero-order chi connectivity index (χ0) is 18.5. The van der Waals surface area contributed by atoms with Crippen LogP contribution in [-0.4, -0.2) is 40.3 Å². The van der Waals surface area contributed by atoms with Crippen molar-refractivity contribution >= 4 is 28.5 Å². The first-order valence-electron chi connectivity index (χ1n) is 7.90. The highest BCUT2D eigenvalue weighted by Gasteiger charge is 2.17. The zero-order valence-electron chi connectivity index (χ0n) is 14.1. The van der Waals surface area contributed by atoms with Crippen molar-refractivity contribution in [2.45, 2.75) is 0 Å². The topological polar surface area (TPSA) is 75.2 Å². The van der Waals surface area contributed by atoms with Gasteiger partial charge < -0.3 is 10.2 Å². The maximum atomic E-state index is 12.5. The summed E-state index contributed by atoms with van der Waals surface area (Å²) in [6.45, 7) is -0.117. The lowest BCUT2D eigenvalue weighted by Crippen LogP contribution is -2.35. The van der Waals surface area contributed by atoms with Gasteiger partial charge in [0.05, 0.1) is 23.8 Å². The van der Waals surface area contributed by atoms with Crippen LogP contribution in [0, 0.1) is 12.3 Å². The minimum atomic E-state index is -0.379. The Bertz CT molecular complexity index is 1020. The number of carbonyl (C=O) groups excluding carboxylic acids is 2. The molecule has 0 aliphatic rings. The molecular weight excluding hydrogens is 328 g/mol. The number of hydrogen-bond acceptors (Lipinski definition) is 4. The molecule has 1 heterocycles. The molecule has 3 aromatic rings. The minimum Gasteiger partial charge on any atom is -0.331 e. The summed E-state index contributed by atoms with van der Waals surface area (Å²) in [5, 5.41) is 2.72. The molecule has 0 bridgehead atoms. The minimum absolute atomic E-state index is 0.117. The fourth-order valence-corrected chi connectivity index (χ4v) is 2.43. The Kier molecular flexibility index (Phi) is 4.90. The number of likely N-dealkylation sites (N-methyl/N-ethyl adjacent to an activating group) is 1. The van der Waals surface area contributed by atoms with Gasteiger partial charge in [0.15, 0.2) is 0 Å². The number of fused-ring (bicyclic) bond motifs is 1. The third-order valence-corrected chi connectivity index (χ3v) is 3.71. The van der Waals surface area contributed by atoms with E-state index in [2.05, 4.69) is 21.2 Å². The number of hydrogen-bond donors (Lipinski definition) is 1. The monoisotopic (exact) mass is 344 g/mol. The zero-order valence-corrected chi connectivity index (χ0v) is 14.1. The lowest BCUT2D eigenvalue weighted by molar-refractivity contribution is -0.116. The Hall–Kier alpha value is -3.72. The van der Waals surface area contributed by atoms with Gasteiger partial charge in [-0.1, -0.05) is 24.1 Å². The third kappa shape index (κ3) is 3.84. The van der Waals surface area contributed by atoms with Crippen LogP contribution in [0.25, 0.3) is 11.0 Å². The molecule has 0 saturated heterocycles. The third-order valence-electron chi connectivity index (χ3n) is 3.71. The van der Waals surface area contributed by atoms with Crippen molar-refractivity contribution in [1.29, 1.82) is 0 Å². The quantitative estimate of drug-likeness (QED) is 0.737. The van der Waals surface area contributed by atoms with Gasteiger partial charge in [0.2, 0.25) is 5.91 Å². The second kappa shape index (κ2) is 7.45. The molecule has 26 heavy (non-hydrogen) atoms. The van der Waals surface area contributed by atoms with Gasteiger partial charge >= 0.3 is 0 Å². The standard InChI is InChI=1S/C20H16N4O2/c1-3-14-7-6-8-15(11-14)22-19(25)13-24(2)20(26)18-12-21-16-9-4-5-10-17(16)23-18/h1,4-12H,13H2,2H3,(H,22,25). The summed E-state index contributed by atoms with van der Waals surface area (Å²) >= 11 is 0. The molecule has 1 aromatic heterocycles.